The lowest BCUT2D eigenvalue weighted by Gasteiger charge is -2.06. The lowest BCUT2D eigenvalue weighted by Crippen LogP contribution is -2.09. The van der Waals surface area contributed by atoms with Crippen molar-refractivity contribution in [3.05, 3.63) is 34.5 Å². The minimum absolute atomic E-state index is 0.510. The molecule has 2 aromatic rings. The molecular weight excluding hydrogens is 261 g/mol. The average molecular weight is 272 g/mol. The summed E-state index contributed by atoms with van der Waals surface area (Å²) in [4.78, 5) is 4.10. The number of pyridine rings is 1. The van der Waals surface area contributed by atoms with Crippen LogP contribution in [0.5, 0.6) is 0 Å². The largest absolute Gasteiger partial charge is 0.368 e. The molecule has 0 atom stereocenters. The molecule has 17 heavy (non-hydrogen) atoms. The van der Waals surface area contributed by atoms with E-state index in [1.807, 2.05) is 11.6 Å². The van der Waals surface area contributed by atoms with Gasteiger partial charge < -0.3 is 9.88 Å². The molecule has 0 bridgehead atoms. The van der Waals surface area contributed by atoms with Crippen LogP contribution in [0.25, 0.3) is 0 Å². The van der Waals surface area contributed by atoms with Gasteiger partial charge >= 0.3 is 0 Å². The Labute approximate surface area is 109 Å². The molecule has 90 valence electrons. The van der Waals surface area contributed by atoms with Crippen LogP contribution in [0.1, 0.15) is 5.82 Å². The Kier molecular flexibility index (Phi) is 3.81. The molecule has 2 rings (SSSR count). The molecule has 0 aliphatic heterocycles. The van der Waals surface area contributed by atoms with Crippen LogP contribution < -0.4 is 5.32 Å². The molecule has 0 fully saturated rings. The summed E-state index contributed by atoms with van der Waals surface area (Å²) in [7, 11) is 1.91. The molecule has 0 saturated carbocycles. The van der Waals surface area contributed by atoms with E-state index in [9.17, 15) is 0 Å². The quantitative estimate of drug-likeness (QED) is 0.926. The van der Waals surface area contributed by atoms with Gasteiger partial charge in [-0.2, -0.15) is 0 Å². The van der Waals surface area contributed by atoms with Gasteiger partial charge in [-0.05, 0) is 6.07 Å². The van der Waals surface area contributed by atoms with Crippen molar-refractivity contribution < 1.29 is 0 Å². The first-order valence-corrected chi connectivity index (χ1v) is 5.80. The maximum Gasteiger partial charge on any atom is 0.144 e. The van der Waals surface area contributed by atoms with Crippen molar-refractivity contribution >= 4 is 29.0 Å². The standard InChI is InChI=1S/C10H11Cl2N5/c1-17-6-15-16-9(17)2-3-13-10-8(12)4-7(11)5-14-10/h4-6H,2-3H2,1H3,(H,13,14). The number of nitrogens with one attached hydrogen (secondary N) is 1. The number of rotatable bonds is 4. The summed E-state index contributed by atoms with van der Waals surface area (Å²) in [6.07, 6.45) is 3.97. The fraction of sp³-hybridized carbons (Fsp3) is 0.300. The van der Waals surface area contributed by atoms with Crippen molar-refractivity contribution in [1.82, 2.24) is 19.7 Å². The van der Waals surface area contributed by atoms with Crippen molar-refractivity contribution in [2.75, 3.05) is 11.9 Å². The Bertz CT molecular complexity index is 511. The average Bonchev–Trinajstić information content (AvgIpc) is 2.68. The van der Waals surface area contributed by atoms with Crippen LogP contribution in [-0.2, 0) is 13.5 Å². The lowest BCUT2D eigenvalue weighted by atomic mass is 10.4. The van der Waals surface area contributed by atoms with Gasteiger partial charge in [-0.15, -0.1) is 10.2 Å². The van der Waals surface area contributed by atoms with Crippen LogP contribution in [-0.4, -0.2) is 26.3 Å². The third-order valence-electron chi connectivity index (χ3n) is 2.25. The fourth-order valence-electron chi connectivity index (χ4n) is 1.37. The number of anilines is 1. The predicted octanol–water partition coefficient (Wildman–Crippen LogP) is 2.17. The van der Waals surface area contributed by atoms with E-state index in [0.717, 1.165) is 12.2 Å². The van der Waals surface area contributed by atoms with Crippen LogP contribution in [0, 0.1) is 0 Å². The summed E-state index contributed by atoms with van der Waals surface area (Å²) in [5, 5.41) is 11.9. The van der Waals surface area contributed by atoms with Crippen molar-refractivity contribution in [1.29, 1.82) is 0 Å². The van der Waals surface area contributed by atoms with Gasteiger partial charge in [-0.3, -0.25) is 0 Å². The summed E-state index contributed by atoms with van der Waals surface area (Å²) in [5.41, 5.74) is 0. The molecule has 2 aromatic heterocycles. The first kappa shape index (κ1) is 12.1. The molecule has 2 heterocycles. The van der Waals surface area contributed by atoms with E-state index in [2.05, 4.69) is 20.5 Å². The van der Waals surface area contributed by atoms with E-state index in [4.69, 9.17) is 23.2 Å². The highest BCUT2D eigenvalue weighted by Crippen LogP contribution is 2.22. The van der Waals surface area contributed by atoms with Gasteiger partial charge in [0.1, 0.15) is 18.0 Å². The van der Waals surface area contributed by atoms with Gasteiger partial charge in [-0.1, -0.05) is 23.2 Å². The third-order valence-corrected chi connectivity index (χ3v) is 2.75. The van der Waals surface area contributed by atoms with E-state index in [0.29, 0.717) is 22.4 Å². The van der Waals surface area contributed by atoms with Crippen LogP contribution in [0.15, 0.2) is 18.6 Å². The minimum Gasteiger partial charge on any atom is -0.368 e. The highest BCUT2D eigenvalue weighted by Gasteiger charge is 2.04. The van der Waals surface area contributed by atoms with Gasteiger partial charge in [0.05, 0.1) is 10.0 Å². The number of halogens is 2. The highest BCUT2D eigenvalue weighted by atomic mass is 35.5. The second kappa shape index (κ2) is 5.33. The topological polar surface area (TPSA) is 55.6 Å². The summed E-state index contributed by atoms with van der Waals surface area (Å²) >= 11 is 11.7. The van der Waals surface area contributed by atoms with Gasteiger partial charge in [0, 0.05) is 26.2 Å². The summed E-state index contributed by atoms with van der Waals surface area (Å²) in [6.45, 7) is 0.681. The van der Waals surface area contributed by atoms with E-state index < -0.39 is 0 Å². The Morgan fingerprint density at radius 3 is 2.88 bits per heavy atom. The number of aryl methyl sites for hydroxylation is 1. The molecule has 1 N–H and O–H groups in total. The fourth-order valence-corrected chi connectivity index (χ4v) is 1.82. The lowest BCUT2D eigenvalue weighted by molar-refractivity contribution is 0.787. The smallest absolute Gasteiger partial charge is 0.144 e. The summed E-state index contributed by atoms with van der Waals surface area (Å²) in [6, 6.07) is 1.65. The van der Waals surface area contributed by atoms with Crippen LogP contribution in [0.3, 0.4) is 0 Å². The predicted molar refractivity (Wildman–Crippen MR) is 67.5 cm³/mol. The maximum atomic E-state index is 5.98. The van der Waals surface area contributed by atoms with Crippen molar-refractivity contribution in [2.24, 2.45) is 7.05 Å². The van der Waals surface area contributed by atoms with Crippen LogP contribution in [0.4, 0.5) is 5.82 Å². The van der Waals surface area contributed by atoms with E-state index in [1.165, 1.54) is 0 Å². The monoisotopic (exact) mass is 271 g/mol. The second-order valence-corrected chi connectivity index (χ2v) is 4.36. The first-order valence-electron chi connectivity index (χ1n) is 5.04. The molecule has 0 aromatic carbocycles. The van der Waals surface area contributed by atoms with E-state index >= 15 is 0 Å². The SMILES string of the molecule is Cn1cnnc1CCNc1ncc(Cl)cc1Cl. The van der Waals surface area contributed by atoms with Gasteiger partial charge in [0.15, 0.2) is 0 Å². The minimum atomic E-state index is 0.510. The van der Waals surface area contributed by atoms with E-state index in [1.54, 1.807) is 18.6 Å². The normalized spacial score (nSPS) is 10.5. The molecule has 0 radical (unpaired) electrons. The number of hydrogen-bond donors (Lipinski definition) is 1. The third kappa shape index (κ3) is 3.08. The van der Waals surface area contributed by atoms with Gasteiger partial charge in [0.2, 0.25) is 0 Å². The Hall–Kier alpha value is -1.33. The zero-order chi connectivity index (χ0) is 12.3. The van der Waals surface area contributed by atoms with Gasteiger partial charge in [0.25, 0.3) is 0 Å². The molecule has 0 unspecified atom stereocenters. The van der Waals surface area contributed by atoms with Crippen LogP contribution >= 0.6 is 23.2 Å². The molecular formula is C10H11Cl2N5. The highest BCUT2D eigenvalue weighted by molar-refractivity contribution is 6.35. The second-order valence-electron chi connectivity index (χ2n) is 3.52. The molecule has 0 spiro atoms. The molecule has 0 aliphatic rings. The molecule has 0 aliphatic carbocycles. The first-order chi connectivity index (χ1) is 8.16. The maximum absolute atomic E-state index is 5.98. The summed E-state index contributed by atoms with van der Waals surface area (Å²) < 4.78 is 1.87. The zero-order valence-corrected chi connectivity index (χ0v) is 10.7. The number of nitrogens with zero attached hydrogens (tertiary/aromatic N) is 4. The summed E-state index contributed by atoms with van der Waals surface area (Å²) in [5.74, 6) is 1.53. The van der Waals surface area contributed by atoms with Crippen molar-refractivity contribution in [3.8, 4) is 0 Å². The molecule has 0 saturated heterocycles. The van der Waals surface area contributed by atoms with Gasteiger partial charge in [-0.25, -0.2) is 4.98 Å². The van der Waals surface area contributed by atoms with Crippen molar-refractivity contribution in [3.63, 3.8) is 0 Å². The molecule has 5 nitrogen and oxygen atoms in total. The number of hydrogen-bond acceptors (Lipinski definition) is 4. The zero-order valence-electron chi connectivity index (χ0n) is 9.19. The van der Waals surface area contributed by atoms with E-state index in [-0.39, 0.29) is 0 Å². The number of aromatic nitrogens is 4. The Morgan fingerprint density at radius 2 is 2.24 bits per heavy atom. The molecule has 7 heteroatoms. The molecule has 0 amide bonds. The Balaban J connectivity index is 1.92. The van der Waals surface area contributed by atoms with Crippen LogP contribution in [0.2, 0.25) is 10.0 Å². The van der Waals surface area contributed by atoms with Crippen molar-refractivity contribution in [2.45, 2.75) is 6.42 Å². The Morgan fingerprint density at radius 1 is 1.41 bits per heavy atom.